The minimum Gasteiger partial charge on any atom is -0.387 e. The molecule has 1 unspecified atom stereocenters. The monoisotopic (exact) mass is 262 g/mol. The Kier molecular flexibility index (Phi) is 4.70. The molecule has 1 heterocycles. The van der Waals surface area contributed by atoms with E-state index >= 15 is 0 Å². The van der Waals surface area contributed by atoms with E-state index in [1.165, 1.54) is 5.56 Å². The molecule has 3 nitrogen and oxygen atoms in total. The Morgan fingerprint density at radius 2 is 1.94 bits per heavy atom. The molecule has 0 radical (unpaired) electrons. The number of nitrogens with zero attached hydrogens (tertiary/aromatic N) is 1. The predicted molar refractivity (Wildman–Crippen MR) is 72.4 cm³/mol. The molecule has 1 atom stereocenters. The topological polar surface area (TPSA) is 45.1 Å². The van der Waals surface area contributed by atoms with E-state index in [-0.39, 0.29) is 0 Å². The number of aromatic nitrogens is 1. The Hall–Kier alpha value is -1.42. The van der Waals surface area contributed by atoms with Gasteiger partial charge in [-0.3, -0.25) is 0 Å². The molecule has 2 aromatic rings. The molecule has 0 saturated carbocycles. The third-order valence-corrected chi connectivity index (χ3v) is 2.87. The number of benzene rings is 1. The second kappa shape index (κ2) is 6.50. The Morgan fingerprint density at radius 3 is 2.61 bits per heavy atom. The molecule has 0 saturated heterocycles. The maximum Gasteiger partial charge on any atom is 0.129 e. The van der Waals surface area contributed by atoms with Crippen LogP contribution in [0.5, 0.6) is 0 Å². The number of halogens is 1. The van der Waals surface area contributed by atoms with Crippen LogP contribution in [-0.4, -0.2) is 16.6 Å². The van der Waals surface area contributed by atoms with Gasteiger partial charge in [-0.1, -0.05) is 48.0 Å². The Balaban J connectivity index is 1.81. The van der Waals surface area contributed by atoms with Crippen molar-refractivity contribution >= 4 is 11.6 Å². The molecule has 2 N–H and O–H groups in total. The first-order chi connectivity index (χ1) is 8.75. The standard InChI is InChI=1S/C14H15ClN2O/c15-14-7-6-12(9-17-14)13(18)10-16-8-11-4-2-1-3-5-11/h1-7,9,13,16,18H,8,10H2. The summed E-state index contributed by atoms with van der Waals surface area (Å²) in [6, 6.07) is 13.5. The average Bonchev–Trinajstić information content (AvgIpc) is 2.40. The second-order valence-corrected chi connectivity index (χ2v) is 4.43. The van der Waals surface area contributed by atoms with Gasteiger partial charge in [0.1, 0.15) is 5.15 Å². The van der Waals surface area contributed by atoms with Gasteiger partial charge in [0.2, 0.25) is 0 Å². The van der Waals surface area contributed by atoms with Gasteiger partial charge in [0.05, 0.1) is 6.10 Å². The Labute approximate surface area is 111 Å². The minimum atomic E-state index is -0.571. The van der Waals surface area contributed by atoms with Gasteiger partial charge < -0.3 is 10.4 Å². The van der Waals surface area contributed by atoms with Crippen LogP contribution in [0.15, 0.2) is 48.7 Å². The van der Waals surface area contributed by atoms with Crippen molar-refractivity contribution in [1.29, 1.82) is 0 Å². The quantitative estimate of drug-likeness (QED) is 0.814. The summed E-state index contributed by atoms with van der Waals surface area (Å²) >= 11 is 5.69. The largest absolute Gasteiger partial charge is 0.387 e. The summed E-state index contributed by atoms with van der Waals surface area (Å²) in [6.45, 7) is 1.22. The summed E-state index contributed by atoms with van der Waals surface area (Å²) < 4.78 is 0. The zero-order valence-electron chi connectivity index (χ0n) is 9.88. The van der Waals surface area contributed by atoms with E-state index in [4.69, 9.17) is 11.6 Å². The minimum absolute atomic E-state index is 0.434. The Morgan fingerprint density at radius 1 is 1.17 bits per heavy atom. The fraction of sp³-hybridized carbons (Fsp3) is 0.214. The first-order valence-corrected chi connectivity index (χ1v) is 6.17. The first kappa shape index (κ1) is 13.0. The van der Waals surface area contributed by atoms with E-state index in [1.54, 1.807) is 18.3 Å². The summed E-state index contributed by atoms with van der Waals surface area (Å²) in [5.74, 6) is 0. The van der Waals surface area contributed by atoms with Gasteiger partial charge in [0.25, 0.3) is 0 Å². The van der Waals surface area contributed by atoms with Crippen LogP contribution in [0, 0.1) is 0 Å². The van der Waals surface area contributed by atoms with Crippen molar-refractivity contribution in [2.45, 2.75) is 12.6 Å². The molecule has 94 valence electrons. The highest BCUT2D eigenvalue weighted by Gasteiger charge is 2.07. The van der Waals surface area contributed by atoms with Crippen molar-refractivity contribution in [1.82, 2.24) is 10.3 Å². The van der Waals surface area contributed by atoms with Crippen molar-refractivity contribution in [2.24, 2.45) is 0 Å². The van der Waals surface area contributed by atoms with Crippen LogP contribution < -0.4 is 5.32 Å². The number of hydrogen-bond donors (Lipinski definition) is 2. The first-order valence-electron chi connectivity index (χ1n) is 5.80. The van der Waals surface area contributed by atoms with E-state index in [9.17, 15) is 5.11 Å². The van der Waals surface area contributed by atoms with Crippen LogP contribution in [0.1, 0.15) is 17.2 Å². The summed E-state index contributed by atoms with van der Waals surface area (Å²) in [6.07, 6.45) is 1.02. The van der Waals surface area contributed by atoms with Crippen molar-refractivity contribution < 1.29 is 5.11 Å². The summed E-state index contributed by atoms with van der Waals surface area (Å²) in [4.78, 5) is 3.94. The lowest BCUT2D eigenvalue weighted by molar-refractivity contribution is 0.174. The van der Waals surface area contributed by atoms with Crippen LogP contribution in [0.3, 0.4) is 0 Å². The molecule has 1 aromatic carbocycles. The molecular formula is C14H15ClN2O. The van der Waals surface area contributed by atoms with E-state index in [0.29, 0.717) is 11.7 Å². The van der Waals surface area contributed by atoms with Gasteiger partial charge in [0.15, 0.2) is 0 Å². The number of pyridine rings is 1. The van der Waals surface area contributed by atoms with Crippen molar-refractivity contribution in [2.75, 3.05) is 6.54 Å². The Bertz CT molecular complexity index is 473. The number of aliphatic hydroxyl groups is 1. The normalized spacial score (nSPS) is 12.3. The molecule has 0 bridgehead atoms. The van der Waals surface area contributed by atoms with Crippen LogP contribution >= 0.6 is 11.6 Å². The lowest BCUT2D eigenvalue weighted by Crippen LogP contribution is -2.21. The third kappa shape index (κ3) is 3.81. The molecule has 0 fully saturated rings. The van der Waals surface area contributed by atoms with E-state index in [0.717, 1.165) is 12.1 Å². The van der Waals surface area contributed by atoms with Crippen LogP contribution in [0.4, 0.5) is 0 Å². The average molecular weight is 263 g/mol. The van der Waals surface area contributed by atoms with Gasteiger partial charge in [-0.05, 0) is 11.6 Å². The highest BCUT2D eigenvalue weighted by Crippen LogP contribution is 2.13. The van der Waals surface area contributed by atoms with Crippen LogP contribution in [0.25, 0.3) is 0 Å². The van der Waals surface area contributed by atoms with Gasteiger partial charge in [-0.15, -0.1) is 0 Å². The molecule has 0 spiro atoms. The van der Waals surface area contributed by atoms with Gasteiger partial charge in [-0.2, -0.15) is 0 Å². The zero-order chi connectivity index (χ0) is 12.8. The van der Waals surface area contributed by atoms with Crippen molar-refractivity contribution in [3.8, 4) is 0 Å². The number of rotatable bonds is 5. The van der Waals surface area contributed by atoms with Crippen molar-refractivity contribution in [3.05, 3.63) is 64.9 Å². The SMILES string of the molecule is OC(CNCc1ccccc1)c1ccc(Cl)nc1. The maximum absolute atomic E-state index is 9.94. The van der Waals surface area contributed by atoms with Crippen molar-refractivity contribution in [3.63, 3.8) is 0 Å². The predicted octanol–water partition coefficient (Wildman–Crippen LogP) is 2.56. The zero-order valence-corrected chi connectivity index (χ0v) is 10.6. The maximum atomic E-state index is 9.94. The summed E-state index contributed by atoms with van der Waals surface area (Å²) in [5, 5.41) is 13.6. The molecule has 4 heteroatoms. The molecule has 0 amide bonds. The number of aliphatic hydroxyl groups excluding tert-OH is 1. The van der Waals surface area contributed by atoms with Gasteiger partial charge >= 0.3 is 0 Å². The summed E-state index contributed by atoms with van der Waals surface area (Å²) in [5.41, 5.74) is 1.96. The van der Waals surface area contributed by atoms with Gasteiger partial charge in [0, 0.05) is 24.8 Å². The molecule has 0 aliphatic rings. The third-order valence-electron chi connectivity index (χ3n) is 2.64. The lowest BCUT2D eigenvalue weighted by Gasteiger charge is -2.11. The highest BCUT2D eigenvalue weighted by molar-refractivity contribution is 6.29. The number of hydrogen-bond acceptors (Lipinski definition) is 3. The molecular weight excluding hydrogens is 248 g/mol. The van der Waals surface area contributed by atoms with E-state index in [1.807, 2.05) is 30.3 Å². The van der Waals surface area contributed by atoms with E-state index in [2.05, 4.69) is 10.3 Å². The molecule has 0 aliphatic heterocycles. The molecule has 1 aromatic heterocycles. The molecule has 0 aliphatic carbocycles. The fourth-order valence-electron chi connectivity index (χ4n) is 1.65. The van der Waals surface area contributed by atoms with E-state index < -0.39 is 6.10 Å². The molecule has 18 heavy (non-hydrogen) atoms. The van der Waals surface area contributed by atoms with Gasteiger partial charge in [-0.25, -0.2) is 4.98 Å². The lowest BCUT2D eigenvalue weighted by atomic mass is 10.1. The smallest absolute Gasteiger partial charge is 0.129 e. The number of nitrogens with one attached hydrogen (secondary N) is 1. The second-order valence-electron chi connectivity index (χ2n) is 4.05. The highest BCUT2D eigenvalue weighted by atomic mass is 35.5. The van der Waals surface area contributed by atoms with Crippen LogP contribution in [0.2, 0.25) is 5.15 Å². The van der Waals surface area contributed by atoms with Crippen LogP contribution in [-0.2, 0) is 6.54 Å². The summed E-state index contributed by atoms with van der Waals surface area (Å²) in [7, 11) is 0. The fourth-order valence-corrected chi connectivity index (χ4v) is 1.76. The molecule has 2 rings (SSSR count).